The van der Waals surface area contributed by atoms with E-state index in [2.05, 4.69) is 19.9 Å². The summed E-state index contributed by atoms with van der Waals surface area (Å²) in [5.41, 5.74) is 0. The highest BCUT2D eigenvalue weighted by Crippen LogP contribution is 2.49. The number of piperidine rings is 1. The van der Waals surface area contributed by atoms with Crippen molar-refractivity contribution >= 4 is 11.9 Å². The molecule has 1 saturated carbocycles. The summed E-state index contributed by atoms with van der Waals surface area (Å²) in [6.07, 6.45) is 7.01. The van der Waals surface area contributed by atoms with Crippen molar-refractivity contribution in [1.29, 1.82) is 0 Å². The minimum Gasteiger partial charge on any atom is -0.481 e. The SMILES string of the molecule is CC(C)C1CCN(C(=O)[C@H]2C3C=CC(C3)[C@H]2C(=O)O)CC1. The van der Waals surface area contributed by atoms with Gasteiger partial charge in [0.05, 0.1) is 11.8 Å². The monoisotopic (exact) mass is 291 g/mol. The average Bonchev–Trinajstić information content (AvgIpc) is 3.07. The third kappa shape index (κ3) is 2.49. The molecule has 2 bridgehead atoms. The minimum atomic E-state index is -0.803. The van der Waals surface area contributed by atoms with E-state index < -0.39 is 11.9 Å². The minimum absolute atomic E-state index is 0.0645. The van der Waals surface area contributed by atoms with Gasteiger partial charge < -0.3 is 10.0 Å². The smallest absolute Gasteiger partial charge is 0.307 e. The fraction of sp³-hybridized carbons (Fsp3) is 0.765. The quantitative estimate of drug-likeness (QED) is 0.812. The fourth-order valence-electron chi connectivity index (χ4n) is 4.49. The Morgan fingerprint density at radius 3 is 2.19 bits per heavy atom. The number of aliphatic carboxylic acids is 1. The average molecular weight is 291 g/mol. The van der Waals surface area contributed by atoms with E-state index in [1.807, 2.05) is 11.0 Å². The zero-order valence-corrected chi connectivity index (χ0v) is 12.9. The van der Waals surface area contributed by atoms with Crippen molar-refractivity contribution in [2.75, 3.05) is 13.1 Å². The van der Waals surface area contributed by atoms with Gasteiger partial charge in [-0.1, -0.05) is 26.0 Å². The fourth-order valence-corrected chi connectivity index (χ4v) is 4.49. The van der Waals surface area contributed by atoms with Crippen LogP contribution in [-0.4, -0.2) is 35.0 Å². The Bertz CT molecular complexity index is 463. The Kier molecular flexibility index (Phi) is 3.80. The van der Waals surface area contributed by atoms with Crippen molar-refractivity contribution < 1.29 is 14.7 Å². The van der Waals surface area contributed by atoms with E-state index in [4.69, 9.17) is 0 Å². The molecule has 2 unspecified atom stereocenters. The zero-order chi connectivity index (χ0) is 15.1. The van der Waals surface area contributed by atoms with E-state index in [-0.39, 0.29) is 23.7 Å². The van der Waals surface area contributed by atoms with Gasteiger partial charge in [-0.25, -0.2) is 0 Å². The third-order valence-electron chi connectivity index (χ3n) is 5.82. The van der Waals surface area contributed by atoms with E-state index in [0.29, 0.717) is 11.8 Å². The van der Waals surface area contributed by atoms with E-state index >= 15 is 0 Å². The van der Waals surface area contributed by atoms with Gasteiger partial charge in [0, 0.05) is 13.1 Å². The Morgan fingerprint density at radius 2 is 1.67 bits per heavy atom. The van der Waals surface area contributed by atoms with Crippen LogP contribution in [0.2, 0.25) is 0 Å². The lowest BCUT2D eigenvalue weighted by Gasteiger charge is -2.37. The molecule has 0 spiro atoms. The second-order valence-electron chi connectivity index (χ2n) is 7.24. The van der Waals surface area contributed by atoms with Gasteiger partial charge >= 0.3 is 5.97 Å². The van der Waals surface area contributed by atoms with Gasteiger partial charge in [0.2, 0.25) is 5.91 Å². The first-order valence-electron chi connectivity index (χ1n) is 8.19. The summed E-state index contributed by atoms with van der Waals surface area (Å²) < 4.78 is 0. The number of likely N-dealkylation sites (tertiary alicyclic amines) is 1. The van der Waals surface area contributed by atoms with Crippen molar-refractivity contribution in [2.45, 2.75) is 33.1 Å². The van der Waals surface area contributed by atoms with Crippen molar-refractivity contribution in [3.8, 4) is 0 Å². The number of hydrogen-bond donors (Lipinski definition) is 1. The summed E-state index contributed by atoms with van der Waals surface area (Å²) in [6.45, 7) is 6.07. The molecule has 1 saturated heterocycles. The number of carbonyl (C=O) groups excluding carboxylic acids is 1. The van der Waals surface area contributed by atoms with Gasteiger partial charge in [-0.3, -0.25) is 9.59 Å². The summed E-state index contributed by atoms with van der Waals surface area (Å²) in [5.74, 6) is 0.0249. The van der Waals surface area contributed by atoms with Crippen LogP contribution in [0.5, 0.6) is 0 Å². The first kappa shape index (κ1) is 14.6. The van der Waals surface area contributed by atoms with E-state index in [9.17, 15) is 14.7 Å². The first-order valence-corrected chi connectivity index (χ1v) is 8.19. The number of carboxylic acid groups (broad SMARTS) is 1. The molecule has 2 aliphatic carbocycles. The number of amides is 1. The predicted octanol–water partition coefficient (Wildman–Crippen LogP) is 2.40. The molecule has 0 aromatic carbocycles. The molecule has 1 aliphatic heterocycles. The molecule has 4 atom stereocenters. The van der Waals surface area contributed by atoms with E-state index in [1.54, 1.807) is 0 Å². The number of allylic oxidation sites excluding steroid dienone is 2. The molecule has 116 valence electrons. The van der Waals surface area contributed by atoms with Gasteiger partial charge in [0.1, 0.15) is 0 Å². The Morgan fingerprint density at radius 1 is 1.10 bits per heavy atom. The lowest BCUT2D eigenvalue weighted by atomic mass is 9.81. The summed E-state index contributed by atoms with van der Waals surface area (Å²) in [7, 11) is 0. The largest absolute Gasteiger partial charge is 0.481 e. The number of rotatable bonds is 3. The third-order valence-corrected chi connectivity index (χ3v) is 5.82. The Hall–Kier alpha value is -1.32. The van der Waals surface area contributed by atoms with Crippen LogP contribution in [-0.2, 0) is 9.59 Å². The summed E-state index contributed by atoms with van der Waals surface area (Å²) >= 11 is 0. The van der Waals surface area contributed by atoms with Gasteiger partial charge in [-0.2, -0.15) is 0 Å². The number of fused-ring (bicyclic) bond motifs is 2. The molecule has 4 nitrogen and oxygen atoms in total. The molecular weight excluding hydrogens is 266 g/mol. The number of hydrogen-bond acceptors (Lipinski definition) is 2. The van der Waals surface area contributed by atoms with Gasteiger partial charge in [-0.15, -0.1) is 0 Å². The maximum atomic E-state index is 12.8. The first-order chi connectivity index (χ1) is 9.99. The normalized spacial score (nSPS) is 35.7. The van der Waals surface area contributed by atoms with Crippen molar-refractivity contribution in [1.82, 2.24) is 4.90 Å². The van der Waals surface area contributed by atoms with Crippen LogP contribution < -0.4 is 0 Å². The van der Waals surface area contributed by atoms with Gasteiger partial charge in [0.15, 0.2) is 0 Å². The van der Waals surface area contributed by atoms with Crippen molar-refractivity contribution in [3.05, 3.63) is 12.2 Å². The van der Waals surface area contributed by atoms with E-state index in [0.717, 1.165) is 32.4 Å². The lowest BCUT2D eigenvalue weighted by molar-refractivity contribution is -0.151. The van der Waals surface area contributed by atoms with Crippen LogP contribution in [0.1, 0.15) is 33.1 Å². The molecule has 0 aromatic rings. The molecule has 2 fully saturated rings. The van der Waals surface area contributed by atoms with Crippen LogP contribution in [0.3, 0.4) is 0 Å². The summed E-state index contributed by atoms with van der Waals surface area (Å²) in [4.78, 5) is 26.3. The number of nitrogens with zero attached hydrogens (tertiary/aromatic N) is 1. The van der Waals surface area contributed by atoms with Gasteiger partial charge in [-0.05, 0) is 42.9 Å². The molecule has 3 aliphatic rings. The molecule has 4 heteroatoms. The molecule has 0 aromatic heterocycles. The zero-order valence-electron chi connectivity index (χ0n) is 12.9. The molecule has 1 amide bonds. The molecular formula is C17H25NO3. The van der Waals surface area contributed by atoms with Crippen molar-refractivity contribution in [3.63, 3.8) is 0 Å². The molecule has 1 heterocycles. The van der Waals surface area contributed by atoms with Crippen LogP contribution in [0.15, 0.2) is 12.2 Å². The van der Waals surface area contributed by atoms with Crippen LogP contribution in [0.4, 0.5) is 0 Å². The van der Waals surface area contributed by atoms with Gasteiger partial charge in [0.25, 0.3) is 0 Å². The van der Waals surface area contributed by atoms with Crippen LogP contribution in [0.25, 0.3) is 0 Å². The highest BCUT2D eigenvalue weighted by molar-refractivity contribution is 5.87. The molecule has 0 radical (unpaired) electrons. The number of carboxylic acids is 1. The van der Waals surface area contributed by atoms with E-state index in [1.165, 1.54) is 0 Å². The summed E-state index contributed by atoms with van der Waals surface area (Å²) in [5, 5.41) is 9.46. The highest BCUT2D eigenvalue weighted by Gasteiger charge is 2.52. The maximum Gasteiger partial charge on any atom is 0.307 e. The van der Waals surface area contributed by atoms with Crippen molar-refractivity contribution in [2.24, 2.45) is 35.5 Å². The molecule has 3 rings (SSSR count). The lowest BCUT2D eigenvalue weighted by Crippen LogP contribution is -2.46. The second kappa shape index (κ2) is 5.47. The predicted molar refractivity (Wildman–Crippen MR) is 79.5 cm³/mol. The summed E-state index contributed by atoms with van der Waals surface area (Å²) in [6, 6.07) is 0. The molecule has 1 N–H and O–H groups in total. The molecule has 21 heavy (non-hydrogen) atoms. The topological polar surface area (TPSA) is 57.6 Å². The highest BCUT2D eigenvalue weighted by atomic mass is 16.4. The van der Waals surface area contributed by atoms with Crippen LogP contribution in [0, 0.1) is 35.5 Å². The maximum absolute atomic E-state index is 12.8. The second-order valence-corrected chi connectivity index (χ2v) is 7.24. The Balaban J connectivity index is 1.68. The standard InChI is InChI=1S/C17H25NO3/c1-10(2)11-5-7-18(8-6-11)16(19)14-12-3-4-13(9-12)15(14)17(20)21/h3-4,10-15H,5-9H2,1-2H3,(H,20,21)/t12?,13?,14-,15+/m0/s1. The Labute approximate surface area is 126 Å². The number of carbonyl (C=O) groups is 2. The van der Waals surface area contributed by atoms with Crippen LogP contribution >= 0.6 is 0 Å².